The summed E-state index contributed by atoms with van der Waals surface area (Å²) in [5, 5.41) is 2.11. The Hall–Kier alpha value is -2.72. The SMILES string of the molecule is CCOc1ccc2c(c1)N(CCCOS(=O)O)C(=CC1=C(C)C(=Cc3sc4ccc(OCC)cc4[n+]3CCCS(=O)(=O)O)CC(CC)C1)S2. The number of rotatable bonds is 16. The van der Waals surface area contributed by atoms with Crippen LogP contribution in [-0.2, 0) is 32.2 Å². The molecule has 1 aliphatic carbocycles. The van der Waals surface area contributed by atoms with Crippen molar-refractivity contribution in [1.29, 1.82) is 0 Å². The molecule has 1 aliphatic heterocycles. The van der Waals surface area contributed by atoms with E-state index in [0.717, 1.165) is 61.6 Å². The zero-order chi connectivity index (χ0) is 35.1. The maximum Gasteiger partial charge on any atom is 0.301 e. The summed E-state index contributed by atoms with van der Waals surface area (Å²) in [4.78, 5) is 3.37. The summed E-state index contributed by atoms with van der Waals surface area (Å²) in [6.07, 6.45) is 8.31. The quantitative estimate of drug-likeness (QED) is 0.0649. The second-order valence-corrected chi connectivity index (χ2v) is 16.4. The Morgan fingerprint density at radius 2 is 1.78 bits per heavy atom. The summed E-state index contributed by atoms with van der Waals surface area (Å²) < 4.78 is 72.5. The van der Waals surface area contributed by atoms with Crippen LogP contribution in [-0.4, -0.2) is 53.9 Å². The van der Waals surface area contributed by atoms with E-state index in [1.807, 2.05) is 38.1 Å². The first kappa shape index (κ1) is 37.5. The van der Waals surface area contributed by atoms with Gasteiger partial charge in [-0.05, 0) is 93.0 Å². The zero-order valence-corrected chi connectivity index (χ0v) is 31.6. The van der Waals surface area contributed by atoms with Gasteiger partial charge in [-0.2, -0.15) is 17.2 Å². The molecule has 2 aliphatic rings. The van der Waals surface area contributed by atoms with Gasteiger partial charge in [-0.25, -0.2) is 0 Å². The number of fused-ring (bicyclic) bond motifs is 2. The van der Waals surface area contributed by atoms with E-state index in [1.165, 1.54) is 16.7 Å². The number of anilines is 1. The molecular weight excluding hydrogens is 705 g/mol. The third-order valence-corrected chi connectivity index (χ3v) is 12.1. The largest absolute Gasteiger partial charge is 0.494 e. The topological polar surface area (TPSA) is 126 Å². The number of thioether (sulfide) groups is 1. The fourth-order valence-corrected chi connectivity index (χ4v) is 9.26. The third kappa shape index (κ3) is 9.75. The van der Waals surface area contributed by atoms with Crippen LogP contribution < -0.4 is 18.9 Å². The van der Waals surface area contributed by atoms with E-state index in [1.54, 1.807) is 23.1 Å². The van der Waals surface area contributed by atoms with E-state index < -0.39 is 21.5 Å². The Kier molecular flexibility index (Phi) is 13.0. The van der Waals surface area contributed by atoms with E-state index in [2.05, 4.69) is 47.6 Å². The summed E-state index contributed by atoms with van der Waals surface area (Å²) >= 11 is 1.08. The van der Waals surface area contributed by atoms with Crippen molar-refractivity contribution in [2.75, 3.05) is 37.0 Å². The second kappa shape index (κ2) is 17.0. The molecule has 2 unspecified atom stereocenters. The molecule has 14 heteroatoms. The second-order valence-electron chi connectivity index (χ2n) is 12.0. The first-order chi connectivity index (χ1) is 23.5. The van der Waals surface area contributed by atoms with Crippen LogP contribution in [0.4, 0.5) is 5.69 Å². The molecule has 10 nitrogen and oxygen atoms in total. The van der Waals surface area contributed by atoms with Gasteiger partial charge in [-0.1, -0.05) is 36.4 Å². The smallest absolute Gasteiger partial charge is 0.301 e. The fraction of sp³-hybridized carbons (Fsp3) is 0.457. The number of allylic oxidation sites excluding steroid dienone is 4. The molecule has 266 valence electrons. The monoisotopic (exact) mass is 749 g/mol. The van der Waals surface area contributed by atoms with Crippen molar-refractivity contribution in [2.24, 2.45) is 5.92 Å². The number of benzene rings is 2. The highest BCUT2D eigenvalue weighted by atomic mass is 32.2. The third-order valence-electron chi connectivity index (χ3n) is 8.67. The lowest BCUT2D eigenvalue weighted by atomic mass is 9.79. The first-order valence-corrected chi connectivity index (χ1v) is 20.9. The van der Waals surface area contributed by atoms with Gasteiger partial charge < -0.3 is 14.4 Å². The lowest BCUT2D eigenvalue weighted by Crippen LogP contribution is -2.36. The predicted molar refractivity (Wildman–Crippen MR) is 198 cm³/mol. The maximum atomic E-state index is 11.6. The van der Waals surface area contributed by atoms with Gasteiger partial charge in [0.1, 0.15) is 16.2 Å². The van der Waals surface area contributed by atoms with E-state index in [-0.39, 0.29) is 18.8 Å². The zero-order valence-electron chi connectivity index (χ0n) is 28.3. The first-order valence-electron chi connectivity index (χ1n) is 16.6. The molecule has 3 aromatic rings. The van der Waals surface area contributed by atoms with Crippen LogP contribution in [0.25, 0.3) is 16.3 Å². The minimum Gasteiger partial charge on any atom is -0.494 e. The molecule has 0 fully saturated rings. The van der Waals surface area contributed by atoms with Gasteiger partial charge in [0.25, 0.3) is 15.1 Å². The maximum absolute atomic E-state index is 11.6. The fourth-order valence-electron chi connectivity index (χ4n) is 6.24. The Balaban J connectivity index is 1.54. The summed E-state index contributed by atoms with van der Waals surface area (Å²) in [6, 6.07) is 12.1. The van der Waals surface area contributed by atoms with Gasteiger partial charge in [0, 0.05) is 30.0 Å². The van der Waals surface area contributed by atoms with E-state index in [0.29, 0.717) is 38.6 Å². The highest BCUT2D eigenvalue weighted by Crippen LogP contribution is 2.49. The Bertz CT molecular complexity index is 1880. The number of hydrogen-bond donors (Lipinski definition) is 2. The average Bonchev–Trinajstić information content (AvgIpc) is 3.57. The molecule has 2 aromatic carbocycles. The van der Waals surface area contributed by atoms with Gasteiger partial charge >= 0.3 is 11.4 Å². The Morgan fingerprint density at radius 1 is 1.04 bits per heavy atom. The van der Waals surface area contributed by atoms with Gasteiger partial charge in [-0.3, -0.25) is 13.3 Å². The average molecular weight is 750 g/mol. The van der Waals surface area contributed by atoms with Gasteiger partial charge in [-0.15, -0.1) is 0 Å². The normalized spacial score (nSPS) is 18.9. The molecule has 0 saturated heterocycles. The van der Waals surface area contributed by atoms with Crippen LogP contribution in [0.5, 0.6) is 11.5 Å². The lowest BCUT2D eigenvalue weighted by molar-refractivity contribution is -0.668. The van der Waals surface area contributed by atoms with Gasteiger partial charge in [0.05, 0.1) is 42.4 Å². The van der Waals surface area contributed by atoms with E-state index in [4.69, 9.17) is 18.2 Å². The van der Waals surface area contributed by atoms with Crippen LogP contribution in [0.1, 0.15) is 64.8 Å². The molecule has 2 atom stereocenters. The number of ether oxygens (including phenoxy) is 2. The predicted octanol–water partition coefficient (Wildman–Crippen LogP) is 7.78. The number of aryl methyl sites for hydroxylation is 1. The standard InChI is InChI=1S/C35H44N2O8S4/c1-5-25-18-26(20-34-36(14-8-16-45-48(38)39)30-22-28(43-6-2)10-12-32(30)46-34)24(4)27(19-25)21-35-37(15-9-17-49(40,41)42)31-23-29(44-7-3)11-13-33(31)47-35/h10-13,20-23,25H,5-9,14-19H2,1-4H3,(H-,38,39,40,41,42)/p+1. The summed E-state index contributed by atoms with van der Waals surface area (Å²) in [5.41, 5.74) is 5.75. The molecule has 0 spiro atoms. The molecule has 49 heavy (non-hydrogen) atoms. The molecule has 0 amide bonds. The van der Waals surface area contributed by atoms with Crippen molar-refractivity contribution in [2.45, 2.75) is 71.2 Å². The Morgan fingerprint density at radius 3 is 2.47 bits per heavy atom. The van der Waals surface area contributed by atoms with Gasteiger partial charge in [0.15, 0.2) is 6.54 Å². The number of aromatic nitrogens is 1. The van der Waals surface area contributed by atoms with Crippen molar-refractivity contribution in [3.8, 4) is 11.5 Å². The van der Waals surface area contributed by atoms with Crippen molar-refractivity contribution >= 4 is 66.6 Å². The molecule has 0 radical (unpaired) electrons. The Labute approximate surface area is 300 Å². The number of hydrogen-bond acceptors (Lipinski definition) is 9. The van der Waals surface area contributed by atoms with Crippen LogP contribution in [0.3, 0.4) is 0 Å². The number of thiazole rings is 1. The molecular formula is C35H45N2O8S4+. The van der Waals surface area contributed by atoms with Crippen molar-refractivity contribution in [3.05, 3.63) is 69.2 Å². The minimum absolute atomic E-state index is 0.163. The lowest BCUT2D eigenvalue weighted by Gasteiger charge is -2.27. The minimum atomic E-state index is -4.08. The van der Waals surface area contributed by atoms with Crippen molar-refractivity contribution in [1.82, 2.24) is 0 Å². The summed E-state index contributed by atoms with van der Waals surface area (Å²) in [6.45, 7) is 10.6. The summed E-state index contributed by atoms with van der Waals surface area (Å²) in [7, 11) is -4.08. The van der Waals surface area contributed by atoms with Crippen LogP contribution in [0.15, 0.2) is 69.1 Å². The van der Waals surface area contributed by atoms with Gasteiger partial charge in [0.2, 0.25) is 5.52 Å². The van der Waals surface area contributed by atoms with Crippen LogP contribution in [0, 0.1) is 5.92 Å². The van der Waals surface area contributed by atoms with E-state index >= 15 is 0 Å². The molecule has 1 aromatic heterocycles. The summed E-state index contributed by atoms with van der Waals surface area (Å²) in [5.74, 6) is 1.70. The molecule has 2 heterocycles. The van der Waals surface area contributed by atoms with Crippen molar-refractivity contribution in [3.63, 3.8) is 0 Å². The molecule has 0 saturated carbocycles. The molecule has 2 N–H and O–H groups in total. The number of nitrogens with zero attached hydrogens (tertiary/aromatic N) is 2. The highest BCUT2D eigenvalue weighted by Gasteiger charge is 2.29. The molecule has 0 bridgehead atoms. The van der Waals surface area contributed by atoms with Crippen LogP contribution >= 0.6 is 23.1 Å². The highest BCUT2D eigenvalue weighted by molar-refractivity contribution is 8.03. The molecule has 5 rings (SSSR count). The van der Waals surface area contributed by atoms with E-state index in [9.17, 15) is 17.2 Å². The van der Waals surface area contributed by atoms with Crippen molar-refractivity contribution < 1.29 is 40.0 Å². The van der Waals surface area contributed by atoms with Crippen LogP contribution in [0.2, 0.25) is 0 Å².